The summed E-state index contributed by atoms with van der Waals surface area (Å²) in [6, 6.07) is 11.4. The minimum absolute atomic E-state index is 0.00688. The van der Waals surface area contributed by atoms with Crippen molar-refractivity contribution in [1.82, 2.24) is 10.2 Å². The predicted molar refractivity (Wildman–Crippen MR) is 89.5 cm³/mol. The molecule has 0 saturated carbocycles. The molecular weight excluding hydrogens is 292 g/mol. The molecule has 0 aliphatic carbocycles. The van der Waals surface area contributed by atoms with Crippen molar-refractivity contribution >= 4 is 5.91 Å². The van der Waals surface area contributed by atoms with Gasteiger partial charge < -0.3 is 14.5 Å². The molecule has 1 amide bonds. The molecule has 0 saturated heterocycles. The van der Waals surface area contributed by atoms with E-state index in [9.17, 15) is 4.79 Å². The van der Waals surface area contributed by atoms with Gasteiger partial charge in [-0.15, -0.1) is 0 Å². The molecule has 5 nitrogen and oxygen atoms in total. The second-order valence-electron chi connectivity index (χ2n) is 5.55. The lowest BCUT2D eigenvalue weighted by Gasteiger charge is -2.22. The van der Waals surface area contributed by atoms with Crippen LogP contribution in [0.5, 0.6) is 5.75 Å². The summed E-state index contributed by atoms with van der Waals surface area (Å²) < 4.78 is 10.8. The maximum Gasteiger partial charge on any atom is 0.224 e. The fraction of sp³-hybridized carbons (Fsp3) is 0.389. The molecule has 0 spiro atoms. The minimum atomic E-state index is -0.00688. The van der Waals surface area contributed by atoms with Crippen molar-refractivity contribution in [1.29, 1.82) is 0 Å². The molecule has 124 valence electrons. The molecule has 1 atom stereocenters. The molecule has 1 aromatic heterocycles. The number of carbonyl (C=O) groups excluding carboxylic acids is 1. The van der Waals surface area contributed by atoms with E-state index in [-0.39, 0.29) is 11.9 Å². The number of carbonyl (C=O) groups is 1. The van der Waals surface area contributed by atoms with E-state index in [4.69, 9.17) is 9.15 Å². The third-order valence-corrected chi connectivity index (χ3v) is 3.59. The van der Waals surface area contributed by atoms with Gasteiger partial charge in [0.05, 0.1) is 25.3 Å². The van der Waals surface area contributed by atoms with Crippen LogP contribution in [0.1, 0.15) is 24.3 Å². The van der Waals surface area contributed by atoms with Gasteiger partial charge in [-0.1, -0.05) is 12.1 Å². The minimum Gasteiger partial charge on any atom is -0.494 e. The molecule has 1 aromatic carbocycles. The standard InChI is InChI=1S/C18H24N2O3/c1-4-22-15-9-7-14(8-10-15)12-18(21)19-13-16(20(2)3)17-6-5-11-23-17/h5-11,16H,4,12-13H2,1-3H3,(H,19,21). The quantitative estimate of drug-likeness (QED) is 0.813. The van der Waals surface area contributed by atoms with E-state index < -0.39 is 0 Å². The zero-order chi connectivity index (χ0) is 16.7. The number of nitrogens with zero attached hydrogens (tertiary/aromatic N) is 1. The number of nitrogens with one attached hydrogen (secondary N) is 1. The molecule has 1 N–H and O–H groups in total. The summed E-state index contributed by atoms with van der Waals surface area (Å²) >= 11 is 0. The highest BCUT2D eigenvalue weighted by Crippen LogP contribution is 2.17. The number of benzene rings is 1. The van der Waals surface area contributed by atoms with Gasteiger partial charge in [0.15, 0.2) is 0 Å². The molecule has 0 aliphatic heterocycles. The number of amides is 1. The first kappa shape index (κ1) is 17.1. The summed E-state index contributed by atoms with van der Waals surface area (Å²) in [7, 11) is 3.93. The Morgan fingerprint density at radius 2 is 2.00 bits per heavy atom. The first-order valence-electron chi connectivity index (χ1n) is 7.78. The van der Waals surface area contributed by atoms with Crippen molar-refractivity contribution < 1.29 is 13.9 Å². The van der Waals surface area contributed by atoms with Crippen LogP contribution in [0.15, 0.2) is 47.1 Å². The van der Waals surface area contributed by atoms with Crippen molar-refractivity contribution in [2.75, 3.05) is 27.2 Å². The SMILES string of the molecule is CCOc1ccc(CC(=O)NCC(c2ccco2)N(C)C)cc1. The normalized spacial score (nSPS) is 12.2. The fourth-order valence-corrected chi connectivity index (χ4v) is 2.35. The maximum atomic E-state index is 12.1. The van der Waals surface area contributed by atoms with Gasteiger partial charge in [-0.25, -0.2) is 0 Å². The van der Waals surface area contributed by atoms with E-state index in [1.807, 2.05) is 62.3 Å². The third kappa shape index (κ3) is 5.14. The van der Waals surface area contributed by atoms with Gasteiger partial charge >= 0.3 is 0 Å². The van der Waals surface area contributed by atoms with Gasteiger partial charge in [-0.3, -0.25) is 9.69 Å². The Morgan fingerprint density at radius 1 is 1.26 bits per heavy atom. The molecule has 0 fully saturated rings. The number of hydrogen-bond donors (Lipinski definition) is 1. The lowest BCUT2D eigenvalue weighted by atomic mass is 10.1. The Bertz CT molecular complexity index is 591. The van der Waals surface area contributed by atoms with Crippen molar-refractivity contribution in [3.8, 4) is 5.75 Å². The highest BCUT2D eigenvalue weighted by atomic mass is 16.5. The molecule has 2 rings (SSSR count). The average molecular weight is 316 g/mol. The maximum absolute atomic E-state index is 12.1. The zero-order valence-corrected chi connectivity index (χ0v) is 13.9. The Hall–Kier alpha value is -2.27. The molecular formula is C18H24N2O3. The number of hydrogen-bond acceptors (Lipinski definition) is 4. The van der Waals surface area contributed by atoms with Crippen LogP contribution in [0.4, 0.5) is 0 Å². The summed E-state index contributed by atoms with van der Waals surface area (Å²) in [5, 5.41) is 2.97. The third-order valence-electron chi connectivity index (χ3n) is 3.59. The molecule has 1 unspecified atom stereocenters. The first-order valence-corrected chi connectivity index (χ1v) is 7.78. The van der Waals surface area contributed by atoms with Gasteiger partial charge in [0, 0.05) is 6.54 Å². The summed E-state index contributed by atoms with van der Waals surface area (Å²) in [6.07, 6.45) is 2.00. The monoisotopic (exact) mass is 316 g/mol. The molecule has 5 heteroatoms. The van der Waals surface area contributed by atoms with E-state index in [1.54, 1.807) is 6.26 Å². The lowest BCUT2D eigenvalue weighted by molar-refractivity contribution is -0.120. The highest BCUT2D eigenvalue weighted by Gasteiger charge is 2.17. The predicted octanol–water partition coefficient (Wildman–Crippen LogP) is 2.64. The summed E-state index contributed by atoms with van der Waals surface area (Å²) in [4.78, 5) is 14.2. The Balaban J connectivity index is 1.86. The fourth-order valence-electron chi connectivity index (χ4n) is 2.35. The number of likely N-dealkylation sites (N-methyl/N-ethyl adjacent to an activating group) is 1. The van der Waals surface area contributed by atoms with Gasteiger partial charge in [0.1, 0.15) is 11.5 Å². The van der Waals surface area contributed by atoms with Crippen LogP contribution in [-0.2, 0) is 11.2 Å². The van der Waals surface area contributed by atoms with E-state index in [1.165, 1.54) is 0 Å². The van der Waals surface area contributed by atoms with Crippen molar-refractivity contribution in [3.05, 3.63) is 54.0 Å². The largest absolute Gasteiger partial charge is 0.494 e. The molecule has 1 heterocycles. The summed E-state index contributed by atoms with van der Waals surface area (Å²) in [5.41, 5.74) is 0.963. The smallest absolute Gasteiger partial charge is 0.224 e. The van der Waals surface area contributed by atoms with Crippen molar-refractivity contribution in [2.45, 2.75) is 19.4 Å². The Morgan fingerprint density at radius 3 is 2.57 bits per heavy atom. The summed E-state index contributed by atoms with van der Waals surface area (Å²) in [6.45, 7) is 3.09. The van der Waals surface area contributed by atoms with Crippen LogP contribution in [0, 0.1) is 0 Å². The van der Waals surface area contributed by atoms with Crippen molar-refractivity contribution in [2.24, 2.45) is 0 Å². The zero-order valence-electron chi connectivity index (χ0n) is 13.9. The lowest BCUT2D eigenvalue weighted by Crippen LogP contribution is -2.35. The van der Waals surface area contributed by atoms with Crippen LogP contribution >= 0.6 is 0 Å². The Kier molecular flexibility index (Phi) is 6.23. The van der Waals surface area contributed by atoms with Crippen LogP contribution in [0.25, 0.3) is 0 Å². The van der Waals surface area contributed by atoms with Gasteiger partial charge in [0.2, 0.25) is 5.91 Å². The second kappa shape index (κ2) is 8.39. The van der Waals surface area contributed by atoms with Gasteiger partial charge in [-0.05, 0) is 50.8 Å². The van der Waals surface area contributed by atoms with E-state index in [0.29, 0.717) is 19.6 Å². The Labute approximate surface area is 137 Å². The number of furan rings is 1. The van der Waals surface area contributed by atoms with Crippen LogP contribution in [0.2, 0.25) is 0 Å². The number of rotatable bonds is 8. The highest BCUT2D eigenvalue weighted by molar-refractivity contribution is 5.78. The average Bonchev–Trinajstić information content (AvgIpc) is 3.03. The molecule has 0 bridgehead atoms. The molecule has 23 heavy (non-hydrogen) atoms. The summed E-state index contributed by atoms with van der Waals surface area (Å²) in [5.74, 6) is 1.66. The molecule has 0 radical (unpaired) electrons. The van der Waals surface area contributed by atoms with Crippen LogP contribution < -0.4 is 10.1 Å². The second-order valence-corrected chi connectivity index (χ2v) is 5.55. The van der Waals surface area contributed by atoms with Crippen LogP contribution in [0.3, 0.4) is 0 Å². The molecule has 2 aromatic rings. The van der Waals surface area contributed by atoms with Crippen molar-refractivity contribution in [3.63, 3.8) is 0 Å². The van der Waals surface area contributed by atoms with E-state index >= 15 is 0 Å². The van der Waals surface area contributed by atoms with Gasteiger partial charge in [0.25, 0.3) is 0 Å². The number of ether oxygens (including phenoxy) is 1. The topological polar surface area (TPSA) is 54.7 Å². The van der Waals surface area contributed by atoms with E-state index in [0.717, 1.165) is 17.1 Å². The molecule has 0 aliphatic rings. The first-order chi connectivity index (χ1) is 11.1. The van der Waals surface area contributed by atoms with E-state index in [2.05, 4.69) is 5.32 Å². The van der Waals surface area contributed by atoms with Gasteiger partial charge in [-0.2, -0.15) is 0 Å². The van der Waals surface area contributed by atoms with Crippen LogP contribution in [-0.4, -0.2) is 38.1 Å².